The van der Waals surface area contributed by atoms with Crippen LogP contribution in [0.3, 0.4) is 0 Å². The zero-order valence-electron chi connectivity index (χ0n) is 18.0. The summed E-state index contributed by atoms with van der Waals surface area (Å²) < 4.78 is 16.0. The average Bonchev–Trinajstić information content (AvgIpc) is 3.10. The highest BCUT2D eigenvalue weighted by molar-refractivity contribution is 5.20. The number of hydrogen-bond acceptors (Lipinski definition) is 17. The molecule has 0 aromatic rings. The zero-order chi connectivity index (χ0) is 26.7. The van der Waals surface area contributed by atoms with E-state index in [-0.39, 0.29) is 0 Å². The van der Waals surface area contributed by atoms with Crippen LogP contribution in [0, 0.1) is 0 Å². The summed E-state index contributed by atoms with van der Waals surface area (Å²) in [6, 6.07) is 0. The summed E-state index contributed by atoms with van der Waals surface area (Å²) in [5, 5.41) is 144. The van der Waals surface area contributed by atoms with Gasteiger partial charge in [0.25, 0.3) is 0 Å². The summed E-state index contributed by atoms with van der Waals surface area (Å²) in [5.74, 6) is -6.54. The number of ether oxygens (including phenoxy) is 3. The van der Waals surface area contributed by atoms with Gasteiger partial charge in [-0.25, -0.2) is 0 Å². The van der Waals surface area contributed by atoms with Crippen molar-refractivity contribution >= 4 is 0 Å². The molecule has 3 unspecified atom stereocenters. The molecular weight excluding hydrogens is 488 g/mol. The maximum absolute atomic E-state index is 11.5. The van der Waals surface area contributed by atoms with E-state index in [1.165, 1.54) is 0 Å². The van der Waals surface area contributed by atoms with E-state index in [0.717, 1.165) is 0 Å². The Kier molecular flexibility index (Phi) is 8.16. The second kappa shape index (κ2) is 9.89. The Morgan fingerprint density at radius 3 is 1.43 bits per heavy atom. The van der Waals surface area contributed by atoms with Crippen LogP contribution >= 0.6 is 0 Å². The molecule has 3 aliphatic rings. The highest BCUT2D eigenvalue weighted by Crippen LogP contribution is 2.50. The monoisotopic (exact) mass is 520 g/mol. The van der Waals surface area contributed by atoms with Gasteiger partial charge in [-0.15, -0.1) is 0 Å². The van der Waals surface area contributed by atoms with Gasteiger partial charge in [0.05, 0.1) is 13.2 Å². The first-order chi connectivity index (χ1) is 16.2. The third kappa shape index (κ3) is 3.92. The quantitative estimate of drug-likeness (QED) is 0.154. The average molecular weight is 520 g/mol. The molecular formula is C18H32O17. The number of aliphatic hydroxyl groups is 14. The molecule has 2 saturated heterocycles. The molecule has 0 bridgehead atoms. The summed E-state index contributed by atoms with van der Waals surface area (Å²) in [7, 11) is 0. The first-order valence-electron chi connectivity index (χ1n) is 10.6. The predicted octanol–water partition coefficient (Wildman–Crippen LogP) is -9.48. The predicted molar refractivity (Wildman–Crippen MR) is 103 cm³/mol. The molecule has 35 heavy (non-hydrogen) atoms. The molecule has 15 atom stereocenters. The fraction of sp³-hybridized carbons (Fsp3) is 1.00. The molecule has 1 saturated carbocycles. The van der Waals surface area contributed by atoms with E-state index in [4.69, 9.17) is 14.2 Å². The van der Waals surface area contributed by atoms with Gasteiger partial charge in [-0.2, -0.15) is 0 Å². The van der Waals surface area contributed by atoms with Gasteiger partial charge in [0.1, 0.15) is 79.9 Å². The van der Waals surface area contributed by atoms with Crippen molar-refractivity contribution in [2.75, 3.05) is 19.8 Å². The maximum Gasteiger partial charge on any atom is 0.235 e. The minimum atomic E-state index is -3.67. The molecule has 0 radical (unpaired) electrons. The lowest BCUT2D eigenvalue weighted by atomic mass is 9.66. The SMILES string of the molecule is OC[C@H]1OC(CO)(O[C@]2(C3(O)[C@H](O)[C@H](O)C(O)[C@H](O)[C@H]3O)O[C@H](CO)[C@@H](O)[C@H](O)[C@H]2O)[C@@H](O)[C@@H]1O. The third-order valence-electron chi connectivity index (χ3n) is 6.99. The van der Waals surface area contributed by atoms with Crippen molar-refractivity contribution in [1.29, 1.82) is 0 Å². The fourth-order valence-corrected chi connectivity index (χ4v) is 4.83. The summed E-state index contributed by atoms with van der Waals surface area (Å²) >= 11 is 0. The first-order valence-corrected chi connectivity index (χ1v) is 10.6. The van der Waals surface area contributed by atoms with Crippen LogP contribution in [0.4, 0.5) is 0 Å². The van der Waals surface area contributed by atoms with Gasteiger partial charge in [0.2, 0.25) is 11.6 Å². The number of aliphatic hydroxyl groups excluding tert-OH is 13. The Labute approximate surface area is 196 Å². The standard InChI is InChI=1S/C18H32O17/c19-1-4-6(22)9(25)15(31)18(34-4,17(32)13(29)10(26)8(24)11(27)14(17)30)35-16(3-21)12(28)7(23)5(2-20)33-16/h4-15,19-32H,1-3H2/t4-,5-,6-,7-,8?,9+,10-,11+,12+,13-,14-,15-,16?,17?,18-/m1/s1. The van der Waals surface area contributed by atoms with Crippen molar-refractivity contribution in [3.05, 3.63) is 0 Å². The van der Waals surface area contributed by atoms with Crippen molar-refractivity contribution in [2.45, 2.75) is 90.4 Å². The lowest BCUT2D eigenvalue weighted by Gasteiger charge is -2.61. The van der Waals surface area contributed by atoms with Crippen molar-refractivity contribution in [3.8, 4) is 0 Å². The van der Waals surface area contributed by atoms with E-state index in [9.17, 15) is 71.5 Å². The highest BCUT2D eigenvalue weighted by atomic mass is 16.8. The second-order valence-electron chi connectivity index (χ2n) is 8.97. The van der Waals surface area contributed by atoms with Crippen LogP contribution in [0.15, 0.2) is 0 Å². The van der Waals surface area contributed by atoms with Crippen LogP contribution in [0.1, 0.15) is 0 Å². The number of rotatable bonds is 6. The second-order valence-corrected chi connectivity index (χ2v) is 8.97. The molecule has 0 aromatic carbocycles. The fourth-order valence-electron chi connectivity index (χ4n) is 4.83. The zero-order valence-corrected chi connectivity index (χ0v) is 18.0. The van der Waals surface area contributed by atoms with Gasteiger partial charge in [-0.1, -0.05) is 0 Å². The van der Waals surface area contributed by atoms with E-state index in [1.54, 1.807) is 0 Å². The Morgan fingerprint density at radius 2 is 1.00 bits per heavy atom. The topological polar surface area (TPSA) is 311 Å². The normalized spacial score (nSPS) is 57.4. The van der Waals surface area contributed by atoms with Crippen LogP contribution < -0.4 is 0 Å². The smallest absolute Gasteiger partial charge is 0.235 e. The molecule has 0 aromatic heterocycles. The van der Waals surface area contributed by atoms with Crippen LogP contribution in [0.25, 0.3) is 0 Å². The Morgan fingerprint density at radius 1 is 0.543 bits per heavy atom. The molecule has 1 aliphatic carbocycles. The minimum Gasteiger partial charge on any atom is -0.394 e. The van der Waals surface area contributed by atoms with Crippen LogP contribution in [-0.4, -0.2) is 182 Å². The Bertz CT molecular complexity index is 724. The Balaban J connectivity index is 2.25. The molecule has 14 N–H and O–H groups in total. The van der Waals surface area contributed by atoms with Gasteiger partial charge < -0.3 is 85.7 Å². The number of hydrogen-bond donors (Lipinski definition) is 14. The van der Waals surface area contributed by atoms with Gasteiger partial charge in [-0.05, 0) is 0 Å². The molecule has 2 heterocycles. The van der Waals surface area contributed by atoms with Crippen molar-refractivity contribution in [1.82, 2.24) is 0 Å². The lowest BCUT2D eigenvalue weighted by molar-refractivity contribution is -0.493. The molecule has 2 aliphatic heterocycles. The van der Waals surface area contributed by atoms with Crippen LogP contribution in [0.5, 0.6) is 0 Å². The third-order valence-corrected chi connectivity index (χ3v) is 6.99. The molecule has 0 spiro atoms. The van der Waals surface area contributed by atoms with Crippen molar-refractivity contribution < 1.29 is 85.7 Å². The van der Waals surface area contributed by atoms with Gasteiger partial charge >= 0.3 is 0 Å². The molecule has 0 amide bonds. The van der Waals surface area contributed by atoms with Gasteiger partial charge in [0, 0.05) is 0 Å². The van der Waals surface area contributed by atoms with Gasteiger partial charge in [0.15, 0.2) is 5.60 Å². The summed E-state index contributed by atoms with van der Waals surface area (Å²) in [5.41, 5.74) is -3.67. The molecule has 17 nitrogen and oxygen atoms in total. The summed E-state index contributed by atoms with van der Waals surface area (Å²) in [6.07, 6.45) is -27.9. The summed E-state index contributed by atoms with van der Waals surface area (Å²) in [6.45, 7) is -3.55. The molecule has 17 heteroatoms. The Hall–Kier alpha value is -0.680. The van der Waals surface area contributed by atoms with E-state index in [1.807, 2.05) is 0 Å². The first kappa shape index (κ1) is 28.9. The maximum atomic E-state index is 11.5. The summed E-state index contributed by atoms with van der Waals surface area (Å²) in [4.78, 5) is 0. The molecule has 3 fully saturated rings. The van der Waals surface area contributed by atoms with Crippen LogP contribution in [0.2, 0.25) is 0 Å². The highest BCUT2D eigenvalue weighted by Gasteiger charge is 2.77. The van der Waals surface area contributed by atoms with E-state index in [2.05, 4.69) is 0 Å². The minimum absolute atomic E-state index is 0.959. The van der Waals surface area contributed by atoms with Crippen molar-refractivity contribution in [2.24, 2.45) is 0 Å². The van der Waals surface area contributed by atoms with Crippen LogP contribution in [-0.2, 0) is 14.2 Å². The van der Waals surface area contributed by atoms with E-state index in [0.29, 0.717) is 0 Å². The van der Waals surface area contributed by atoms with E-state index >= 15 is 0 Å². The lowest BCUT2D eigenvalue weighted by Crippen LogP contribution is -2.86. The largest absolute Gasteiger partial charge is 0.394 e. The van der Waals surface area contributed by atoms with Gasteiger partial charge in [-0.3, -0.25) is 0 Å². The van der Waals surface area contributed by atoms with Crippen molar-refractivity contribution in [3.63, 3.8) is 0 Å². The molecule has 3 rings (SSSR count). The molecule has 206 valence electrons. The van der Waals surface area contributed by atoms with E-state index < -0.39 is 110 Å².